The van der Waals surface area contributed by atoms with Crippen LogP contribution in [0.25, 0.3) is 0 Å². The molecule has 1 N–H and O–H groups in total. The lowest BCUT2D eigenvalue weighted by atomic mass is 10.1. The molecule has 0 saturated heterocycles. The molecule has 2 aromatic rings. The molecular formula is C16H16BrCl2N. The first kappa shape index (κ1) is 15.8. The molecule has 0 heterocycles. The van der Waals surface area contributed by atoms with E-state index in [0.717, 1.165) is 29.4 Å². The first-order valence-corrected chi connectivity index (χ1v) is 8.17. The van der Waals surface area contributed by atoms with E-state index in [1.54, 1.807) is 0 Å². The van der Waals surface area contributed by atoms with Crippen molar-refractivity contribution < 1.29 is 0 Å². The van der Waals surface area contributed by atoms with Gasteiger partial charge in [0, 0.05) is 16.6 Å². The quantitative estimate of drug-likeness (QED) is 0.550. The molecule has 0 aliphatic heterocycles. The third kappa shape index (κ3) is 5.45. The van der Waals surface area contributed by atoms with E-state index >= 15 is 0 Å². The molecule has 4 heteroatoms. The van der Waals surface area contributed by atoms with E-state index in [1.807, 2.05) is 24.3 Å². The molecule has 0 saturated carbocycles. The average molecular weight is 373 g/mol. The Kier molecular flexibility index (Phi) is 6.37. The van der Waals surface area contributed by atoms with E-state index < -0.39 is 0 Å². The smallest absolute Gasteiger partial charge is 0.0671 e. The van der Waals surface area contributed by atoms with Gasteiger partial charge in [0.15, 0.2) is 0 Å². The highest BCUT2D eigenvalue weighted by atomic mass is 79.9. The van der Waals surface area contributed by atoms with Crippen LogP contribution in [0.3, 0.4) is 0 Å². The number of hydrogen-bond donors (Lipinski definition) is 1. The zero-order valence-electron chi connectivity index (χ0n) is 11.0. The van der Waals surface area contributed by atoms with Gasteiger partial charge in [0.25, 0.3) is 0 Å². The van der Waals surface area contributed by atoms with Crippen LogP contribution in [0.4, 0.5) is 0 Å². The fraction of sp³-hybridized carbons (Fsp3) is 0.250. The maximum atomic E-state index is 5.87. The van der Waals surface area contributed by atoms with E-state index in [-0.39, 0.29) is 4.95 Å². The summed E-state index contributed by atoms with van der Waals surface area (Å²) < 4.78 is 0. The second-order valence-electron chi connectivity index (χ2n) is 4.63. The van der Waals surface area contributed by atoms with E-state index in [9.17, 15) is 0 Å². The lowest BCUT2D eigenvalue weighted by Gasteiger charge is -2.12. The van der Waals surface area contributed by atoms with Gasteiger partial charge in [-0.05, 0) is 48.2 Å². The maximum absolute atomic E-state index is 5.87. The second-order valence-corrected chi connectivity index (χ2v) is 6.61. The number of nitrogens with one attached hydrogen (secondary N) is 1. The molecule has 106 valence electrons. The minimum atomic E-state index is 0.260. The molecule has 0 fully saturated rings. The van der Waals surface area contributed by atoms with E-state index in [2.05, 4.69) is 45.5 Å². The molecule has 0 amide bonds. The molecule has 1 atom stereocenters. The van der Waals surface area contributed by atoms with Gasteiger partial charge in [0.1, 0.15) is 0 Å². The lowest BCUT2D eigenvalue weighted by molar-refractivity contribution is 0.652. The molecule has 2 rings (SSSR count). The summed E-state index contributed by atoms with van der Waals surface area (Å²) in [4.78, 5) is 0.260. The van der Waals surface area contributed by atoms with Crippen LogP contribution in [0, 0.1) is 0 Å². The summed E-state index contributed by atoms with van der Waals surface area (Å²) >= 11 is 15.4. The van der Waals surface area contributed by atoms with Crippen molar-refractivity contribution in [2.45, 2.75) is 17.8 Å². The van der Waals surface area contributed by atoms with Crippen LogP contribution in [0.2, 0.25) is 10.0 Å². The van der Waals surface area contributed by atoms with Crippen molar-refractivity contribution in [2.75, 3.05) is 6.54 Å². The summed E-state index contributed by atoms with van der Waals surface area (Å²) in [6.07, 6.45) is 1.91. The lowest BCUT2D eigenvalue weighted by Crippen LogP contribution is -2.27. The average Bonchev–Trinajstić information content (AvgIpc) is 2.44. The monoisotopic (exact) mass is 371 g/mol. The van der Waals surface area contributed by atoms with Crippen LogP contribution >= 0.6 is 39.1 Å². The van der Waals surface area contributed by atoms with Gasteiger partial charge in [0.05, 0.1) is 4.95 Å². The Hall–Kier alpha value is -0.540. The Balaban J connectivity index is 1.73. The van der Waals surface area contributed by atoms with Gasteiger partial charge in [-0.15, -0.1) is 0 Å². The number of halogens is 3. The second kappa shape index (κ2) is 8.04. The van der Waals surface area contributed by atoms with Crippen LogP contribution in [0.1, 0.15) is 11.1 Å². The van der Waals surface area contributed by atoms with Gasteiger partial charge >= 0.3 is 0 Å². The number of benzene rings is 2. The van der Waals surface area contributed by atoms with Crippen LogP contribution in [-0.4, -0.2) is 11.5 Å². The number of alkyl halides is 1. The van der Waals surface area contributed by atoms with Crippen LogP contribution in [0.15, 0.2) is 48.5 Å². The van der Waals surface area contributed by atoms with Crippen molar-refractivity contribution in [3.63, 3.8) is 0 Å². The zero-order chi connectivity index (χ0) is 14.4. The number of rotatable bonds is 6. The summed E-state index contributed by atoms with van der Waals surface area (Å²) in [5.41, 5.74) is 2.54. The fourth-order valence-electron chi connectivity index (χ4n) is 1.92. The summed E-state index contributed by atoms with van der Waals surface area (Å²) in [6.45, 7) is 0.922. The topological polar surface area (TPSA) is 12.0 Å². The normalized spacial score (nSPS) is 12.3. The largest absolute Gasteiger partial charge is 0.304 e. The molecule has 0 aliphatic rings. The number of hydrogen-bond acceptors (Lipinski definition) is 1. The molecule has 0 aliphatic carbocycles. The van der Waals surface area contributed by atoms with E-state index in [0.29, 0.717) is 0 Å². The summed E-state index contributed by atoms with van der Waals surface area (Å²) in [7, 11) is 0. The highest BCUT2D eigenvalue weighted by Crippen LogP contribution is 2.13. The van der Waals surface area contributed by atoms with Crippen LogP contribution in [0.5, 0.6) is 0 Å². The van der Waals surface area contributed by atoms with Crippen molar-refractivity contribution >= 4 is 39.1 Å². The summed E-state index contributed by atoms with van der Waals surface area (Å²) in [5.74, 6) is 0. The Morgan fingerprint density at radius 2 is 1.35 bits per heavy atom. The van der Waals surface area contributed by atoms with Crippen molar-refractivity contribution in [3.8, 4) is 0 Å². The van der Waals surface area contributed by atoms with E-state index in [4.69, 9.17) is 23.2 Å². The van der Waals surface area contributed by atoms with Crippen molar-refractivity contribution in [1.82, 2.24) is 5.32 Å². The minimum Gasteiger partial charge on any atom is -0.304 e. The Morgan fingerprint density at radius 3 is 1.90 bits per heavy atom. The summed E-state index contributed by atoms with van der Waals surface area (Å²) in [6, 6.07) is 15.9. The minimum absolute atomic E-state index is 0.260. The van der Waals surface area contributed by atoms with Gasteiger partial charge in [-0.25, -0.2) is 0 Å². The Morgan fingerprint density at radius 1 is 0.850 bits per heavy atom. The molecule has 0 radical (unpaired) electrons. The molecule has 1 nitrogen and oxygen atoms in total. The van der Waals surface area contributed by atoms with Crippen LogP contribution in [-0.2, 0) is 12.8 Å². The Bertz CT molecular complexity index is 525. The first-order chi connectivity index (χ1) is 9.63. The molecule has 1 unspecified atom stereocenters. The molecule has 2 aromatic carbocycles. The van der Waals surface area contributed by atoms with Gasteiger partial charge in [-0.2, -0.15) is 0 Å². The Labute approximate surface area is 138 Å². The zero-order valence-corrected chi connectivity index (χ0v) is 14.0. The molecular weight excluding hydrogens is 357 g/mol. The molecule has 0 spiro atoms. The highest BCUT2D eigenvalue weighted by Gasteiger charge is 2.04. The molecule has 0 bridgehead atoms. The first-order valence-electron chi connectivity index (χ1n) is 6.50. The highest BCUT2D eigenvalue weighted by molar-refractivity contribution is 9.09. The van der Waals surface area contributed by atoms with Crippen LogP contribution < -0.4 is 5.32 Å². The maximum Gasteiger partial charge on any atom is 0.0671 e. The van der Waals surface area contributed by atoms with Crippen molar-refractivity contribution in [2.24, 2.45) is 0 Å². The summed E-state index contributed by atoms with van der Waals surface area (Å²) in [5, 5.41) is 5.01. The fourth-order valence-corrected chi connectivity index (χ4v) is 2.78. The van der Waals surface area contributed by atoms with Gasteiger partial charge < -0.3 is 5.32 Å². The third-order valence-corrected chi connectivity index (χ3v) is 4.17. The van der Waals surface area contributed by atoms with Gasteiger partial charge in [0.2, 0.25) is 0 Å². The van der Waals surface area contributed by atoms with Gasteiger partial charge in [-0.1, -0.05) is 63.4 Å². The van der Waals surface area contributed by atoms with Crippen molar-refractivity contribution in [1.29, 1.82) is 0 Å². The predicted molar refractivity (Wildman–Crippen MR) is 91.0 cm³/mol. The van der Waals surface area contributed by atoms with Gasteiger partial charge in [-0.3, -0.25) is 0 Å². The van der Waals surface area contributed by atoms with Crippen molar-refractivity contribution in [3.05, 3.63) is 69.7 Å². The predicted octanol–water partition coefficient (Wildman–Crippen LogP) is 5.09. The molecule has 0 aromatic heterocycles. The SMILES string of the molecule is Clc1ccc(CCNC(Br)Cc2ccc(Cl)cc2)cc1. The standard InChI is InChI=1S/C16H16BrCl2N/c17-16(11-13-3-7-15(19)8-4-13)20-10-9-12-1-5-14(18)6-2-12/h1-8,16,20H,9-11H2. The third-order valence-electron chi connectivity index (χ3n) is 3.02. The molecule has 20 heavy (non-hydrogen) atoms. The van der Waals surface area contributed by atoms with E-state index in [1.165, 1.54) is 11.1 Å².